The zero-order chi connectivity index (χ0) is 19.8. The van der Waals surface area contributed by atoms with E-state index >= 15 is 0 Å². The lowest BCUT2D eigenvalue weighted by molar-refractivity contribution is 0.0696. The summed E-state index contributed by atoms with van der Waals surface area (Å²) in [6, 6.07) is 11.1. The molecule has 0 aliphatic carbocycles. The molecule has 2 aromatic carbocycles. The van der Waals surface area contributed by atoms with Crippen LogP contribution in [0.25, 0.3) is 0 Å². The lowest BCUT2D eigenvalue weighted by atomic mass is 10.1. The van der Waals surface area contributed by atoms with E-state index in [1.165, 1.54) is 22.7 Å². The molecule has 0 saturated carbocycles. The monoisotopic (exact) mass is 388 g/mol. The van der Waals surface area contributed by atoms with E-state index in [2.05, 4.69) is 5.32 Å². The number of aromatic carboxylic acids is 1. The SMILES string of the molecule is C[C@H]1Cc2cc(C(=O)NCc3ccc(C(=O)O)cc3)ccc2N1S(C)(=O)=O. The Bertz CT molecular complexity index is 999. The summed E-state index contributed by atoms with van der Waals surface area (Å²) < 4.78 is 25.3. The van der Waals surface area contributed by atoms with Crippen molar-refractivity contribution in [3.63, 3.8) is 0 Å². The second kappa shape index (κ2) is 7.03. The quantitative estimate of drug-likeness (QED) is 0.816. The summed E-state index contributed by atoms with van der Waals surface area (Å²) in [4.78, 5) is 23.3. The number of amides is 1. The zero-order valence-electron chi connectivity index (χ0n) is 15.0. The van der Waals surface area contributed by atoms with Crippen molar-refractivity contribution in [2.24, 2.45) is 0 Å². The minimum absolute atomic E-state index is 0.180. The van der Waals surface area contributed by atoms with Gasteiger partial charge in [0.25, 0.3) is 5.91 Å². The summed E-state index contributed by atoms with van der Waals surface area (Å²) in [5, 5.41) is 11.7. The van der Waals surface area contributed by atoms with Crippen molar-refractivity contribution in [1.29, 1.82) is 0 Å². The van der Waals surface area contributed by atoms with Gasteiger partial charge >= 0.3 is 5.97 Å². The number of nitrogens with one attached hydrogen (secondary N) is 1. The molecule has 1 aliphatic heterocycles. The van der Waals surface area contributed by atoms with Gasteiger partial charge in [-0.3, -0.25) is 9.10 Å². The maximum Gasteiger partial charge on any atom is 0.335 e. The number of nitrogens with zero attached hydrogens (tertiary/aromatic N) is 1. The van der Waals surface area contributed by atoms with Crippen molar-refractivity contribution in [2.75, 3.05) is 10.6 Å². The summed E-state index contributed by atoms with van der Waals surface area (Å²) in [5.41, 5.74) is 2.87. The van der Waals surface area contributed by atoms with Crippen molar-refractivity contribution in [2.45, 2.75) is 25.9 Å². The Hall–Kier alpha value is -2.87. The van der Waals surface area contributed by atoms with E-state index in [0.29, 0.717) is 17.7 Å². The van der Waals surface area contributed by atoms with Gasteiger partial charge in [-0.15, -0.1) is 0 Å². The fraction of sp³-hybridized carbons (Fsp3) is 0.263. The summed E-state index contributed by atoms with van der Waals surface area (Å²) in [5.74, 6) is -1.27. The number of hydrogen-bond acceptors (Lipinski definition) is 4. The first kappa shape index (κ1) is 18.9. The van der Waals surface area contributed by atoms with E-state index in [1.54, 1.807) is 30.3 Å². The fourth-order valence-corrected chi connectivity index (χ4v) is 4.56. The molecule has 3 rings (SSSR count). The molecular formula is C19H20N2O5S. The molecule has 1 atom stereocenters. The molecule has 0 aromatic heterocycles. The van der Waals surface area contributed by atoms with E-state index in [-0.39, 0.29) is 24.1 Å². The Balaban J connectivity index is 1.71. The molecule has 27 heavy (non-hydrogen) atoms. The first-order chi connectivity index (χ1) is 12.7. The minimum Gasteiger partial charge on any atom is -0.478 e. The highest BCUT2D eigenvalue weighted by Gasteiger charge is 2.32. The smallest absolute Gasteiger partial charge is 0.335 e. The van der Waals surface area contributed by atoms with Crippen LogP contribution in [0.2, 0.25) is 0 Å². The van der Waals surface area contributed by atoms with Gasteiger partial charge in [-0.1, -0.05) is 12.1 Å². The second-order valence-corrected chi connectivity index (χ2v) is 8.50. The van der Waals surface area contributed by atoms with Crippen LogP contribution < -0.4 is 9.62 Å². The maximum absolute atomic E-state index is 12.4. The van der Waals surface area contributed by atoms with E-state index in [0.717, 1.165) is 11.1 Å². The van der Waals surface area contributed by atoms with Crippen LogP contribution in [0.5, 0.6) is 0 Å². The van der Waals surface area contributed by atoms with Crippen molar-refractivity contribution in [3.8, 4) is 0 Å². The third kappa shape index (κ3) is 3.95. The van der Waals surface area contributed by atoms with Crippen molar-refractivity contribution in [1.82, 2.24) is 5.32 Å². The molecule has 1 aliphatic rings. The number of anilines is 1. The van der Waals surface area contributed by atoms with E-state index < -0.39 is 16.0 Å². The van der Waals surface area contributed by atoms with Crippen LogP contribution in [0, 0.1) is 0 Å². The van der Waals surface area contributed by atoms with Gasteiger partial charge in [0.2, 0.25) is 10.0 Å². The Morgan fingerprint density at radius 3 is 2.37 bits per heavy atom. The molecule has 2 N–H and O–H groups in total. The average Bonchev–Trinajstić information content (AvgIpc) is 2.94. The molecule has 7 nitrogen and oxygen atoms in total. The van der Waals surface area contributed by atoms with Gasteiger partial charge in [0.15, 0.2) is 0 Å². The van der Waals surface area contributed by atoms with E-state index in [1.807, 2.05) is 6.92 Å². The standard InChI is InChI=1S/C19H20N2O5S/c1-12-9-16-10-15(7-8-17(16)21(12)27(2,25)26)18(22)20-11-13-3-5-14(6-4-13)19(23)24/h3-8,10,12H,9,11H2,1-2H3,(H,20,22)(H,23,24)/t12-/m0/s1. The highest BCUT2D eigenvalue weighted by atomic mass is 32.2. The van der Waals surface area contributed by atoms with Gasteiger partial charge in [0.1, 0.15) is 0 Å². The predicted octanol–water partition coefficient (Wildman–Crippen LogP) is 2.03. The van der Waals surface area contributed by atoms with Crippen LogP contribution in [0.1, 0.15) is 38.8 Å². The normalized spacial score (nSPS) is 16.1. The van der Waals surface area contributed by atoms with E-state index in [9.17, 15) is 18.0 Å². The van der Waals surface area contributed by atoms with Crippen molar-refractivity contribution >= 4 is 27.6 Å². The van der Waals surface area contributed by atoms with Gasteiger partial charge in [-0.05, 0) is 54.8 Å². The molecule has 0 bridgehead atoms. The second-order valence-electron chi connectivity index (χ2n) is 6.64. The number of fused-ring (bicyclic) bond motifs is 1. The predicted molar refractivity (Wildman–Crippen MR) is 102 cm³/mol. The summed E-state index contributed by atoms with van der Waals surface area (Å²) in [6.45, 7) is 2.10. The molecule has 0 saturated heterocycles. The lowest BCUT2D eigenvalue weighted by Crippen LogP contribution is -2.34. The van der Waals surface area contributed by atoms with Crippen molar-refractivity contribution < 1.29 is 23.1 Å². The number of benzene rings is 2. The highest BCUT2D eigenvalue weighted by Crippen LogP contribution is 2.34. The first-order valence-corrected chi connectivity index (χ1v) is 10.2. The molecule has 8 heteroatoms. The van der Waals surface area contributed by atoms with Crippen LogP contribution in [0.3, 0.4) is 0 Å². The number of sulfonamides is 1. The Morgan fingerprint density at radius 2 is 1.78 bits per heavy atom. The summed E-state index contributed by atoms with van der Waals surface area (Å²) >= 11 is 0. The molecule has 1 amide bonds. The van der Waals surface area contributed by atoms with Crippen molar-refractivity contribution in [3.05, 3.63) is 64.7 Å². The van der Waals surface area contributed by atoms with E-state index in [4.69, 9.17) is 5.11 Å². The largest absolute Gasteiger partial charge is 0.478 e. The fourth-order valence-electron chi connectivity index (χ4n) is 3.30. The molecule has 2 aromatic rings. The van der Waals surface area contributed by atoms with Gasteiger partial charge in [-0.2, -0.15) is 0 Å². The third-order valence-electron chi connectivity index (χ3n) is 4.51. The average molecular weight is 388 g/mol. The Kier molecular flexibility index (Phi) is 4.93. The maximum atomic E-state index is 12.4. The van der Waals surface area contributed by atoms with Gasteiger partial charge < -0.3 is 10.4 Å². The number of hydrogen-bond donors (Lipinski definition) is 2. The van der Waals surface area contributed by atoms with Crippen LogP contribution in [0.4, 0.5) is 5.69 Å². The number of rotatable bonds is 5. The van der Waals surface area contributed by atoms with Crippen LogP contribution in [-0.4, -0.2) is 37.7 Å². The topological polar surface area (TPSA) is 104 Å². The molecule has 1 heterocycles. The van der Waals surface area contributed by atoms with Crippen LogP contribution in [-0.2, 0) is 23.0 Å². The molecule has 0 spiro atoms. The first-order valence-electron chi connectivity index (χ1n) is 8.39. The summed E-state index contributed by atoms with van der Waals surface area (Å²) in [7, 11) is -3.36. The number of carboxylic acid groups (broad SMARTS) is 1. The number of carbonyl (C=O) groups is 2. The summed E-state index contributed by atoms with van der Waals surface area (Å²) in [6.07, 6.45) is 1.73. The highest BCUT2D eigenvalue weighted by molar-refractivity contribution is 7.92. The number of carboxylic acids is 1. The molecule has 142 valence electrons. The Labute approximate surface area is 157 Å². The third-order valence-corrected chi connectivity index (χ3v) is 5.78. The lowest BCUT2D eigenvalue weighted by Gasteiger charge is -2.21. The zero-order valence-corrected chi connectivity index (χ0v) is 15.8. The van der Waals surface area contributed by atoms with Gasteiger partial charge in [0, 0.05) is 18.2 Å². The minimum atomic E-state index is -3.36. The Morgan fingerprint density at radius 1 is 1.15 bits per heavy atom. The number of carbonyl (C=O) groups excluding carboxylic acids is 1. The molecular weight excluding hydrogens is 368 g/mol. The van der Waals surface area contributed by atoms with Gasteiger partial charge in [0.05, 0.1) is 17.5 Å². The molecule has 0 radical (unpaired) electrons. The molecule has 0 fully saturated rings. The van der Waals surface area contributed by atoms with Crippen LogP contribution >= 0.6 is 0 Å². The van der Waals surface area contributed by atoms with Crippen LogP contribution in [0.15, 0.2) is 42.5 Å². The van der Waals surface area contributed by atoms with Gasteiger partial charge in [-0.25, -0.2) is 13.2 Å². The molecule has 0 unspecified atom stereocenters.